The highest BCUT2D eigenvalue weighted by atomic mass is 35.5. The van der Waals surface area contributed by atoms with Gasteiger partial charge in [-0.15, -0.1) is 0 Å². The molecule has 0 bridgehead atoms. The molecule has 0 saturated carbocycles. The Balaban J connectivity index is 2.05. The van der Waals surface area contributed by atoms with Crippen LogP contribution in [0.5, 0.6) is 0 Å². The van der Waals surface area contributed by atoms with E-state index >= 15 is 0 Å². The van der Waals surface area contributed by atoms with Crippen molar-refractivity contribution in [2.45, 2.75) is 6.54 Å². The van der Waals surface area contributed by atoms with E-state index in [-0.39, 0.29) is 6.03 Å². The first kappa shape index (κ1) is 16.7. The molecule has 118 valence electrons. The molecule has 1 aromatic heterocycles. The van der Waals surface area contributed by atoms with Gasteiger partial charge in [0.2, 0.25) is 0 Å². The van der Waals surface area contributed by atoms with Gasteiger partial charge in [0.1, 0.15) is 0 Å². The number of carbonyl (C=O) groups excluding carboxylic acids is 1. The summed E-state index contributed by atoms with van der Waals surface area (Å²) in [6, 6.07) is 6.49. The first-order valence-electron chi connectivity index (χ1n) is 6.61. The second-order valence-corrected chi connectivity index (χ2v) is 5.42. The smallest absolute Gasteiger partial charge is 0.322 e. The van der Waals surface area contributed by atoms with Gasteiger partial charge in [-0.2, -0.15) is 0 Å². The van der Waals surface area contributed by atoms with Crippen molar-refractivity contribution < 1.29 is 13.9 Å². The van der Waals surface area contributed by atoms with Crippen LogP contribution in [0.4, 0.5) is 10.5 Å². The van der Waals surface area contributed by atoms with Crippen molar-refractivity contribution in [1.29, 1.82) is 0 Å². The normalized spacial score (nSPS) is 10.5. The predicted molar refractivity (Wildman–Crippen MR) is 86.5 cm³/mol. The van der Waals surface area contributed by atoms with Crippen LogP contribution in [-0.2, 0) is 11.3 Å². The topological polar surface area (TPSA) is 54.7 Å². The van der Waals surface area contributed by atoms with Crippen LogP contribution < -0.4 is 5.32 Å². The van der Waals surface area contributed by atoms with Crippen molar-refractivity contribution in [1.82, 2.24) is 4.90 Å². The summed E-state index contributed by atoms with van der Waals surface area (Å²) in [7, 11) is 1.59. The number of nitrogens with one attached hydrogen (secondary N) is 1. The zero-order chi connectivity index (χ0) is 15.9. The van der Waals surface area contributed by atoms with E-state index in [9.17, 15) is 4.79 Å². The number of rotatable bonds is 6. The lowest BCUT2D eigenvalue weighted by Crippen LogP contribution is -2.36. The summed E-state index contributed by atoms with van der Waals surface area (Å²) >= 11 is 11.8. The molecule has 22 heavy (non-hydrogen) atoms. The lowest BCUT2D eigenvalue weighted by Gasteiger charge is -2.22. The third-order valence-corrected chi connectivity index (χ3v) is 3.72. The van der Waals surface area contributed by atoms with Gasteiger partial charge < -0.3 is 19.4 Å². The molecule has 0 saturated heterocycles. The monoisotopic (exact) mass is 342 g/mol. The summed E-state index contributed by atoms with van der Waals surface area (Å²) in [5.41, 5.74) is 1.48. The van der Waals surface area contributed by atoms with Gasteiger partial charge in [-0.1, -0.05) is 23.2 Å². The number of ether oxygens (including phenoxy) is 1. The number of methoxy groups -OCH3 is 1. The summed E-state index contributed by atoms with van der Waals surface area (Å²) in [6.45, 7) is 1.31. The average molecular weight is 343 g/mol. The fraction of sp³-hybridized carbons (Fsp3) is 0.267. The number of urea groups is 1. The van der Waals surface area contributed by atoms with Crippen LogP contribution >= 0.6 is 23.2 Å². The number of halogens is 2. The van der Waals surface area contributed by atoms with E-state index in [4.69, 9.17) is 32.4 Å². The van der Waals surface area contributed by atoms with E-state index < -0.39 is 0 Å². The Labute approximate surface area is 138 Å². The van der Waals surface area contributed by atoms with Crippen LogP contribution in [-0.4, -0.2) is 31.2 Å². The SMILES string of the molecule is COCCN(Cc1ccoc1)C(=O)Nc1ccc(Cl)c(Cl)c1. The number of hydrogen-bond donors (Lipinski definition) is 1. The van der Waals surface area contributed by atoms with Crippen molar-refractivity contribution in [3.8, 4) is 0 Å². The summed E-state index contributed by atoms with van der Waals surface area (Å²) < 4.78 is 10.1. The van der Waals surface area contributed by atoms with Crippen LogP contribution in [0, 0.1) is 0 Å². The Bertz CT molecular complexity index is 617. The molecule has 0 unspecified atom stereocenters. The molecule has 0 atom stereocenters. The highest BCUT2D eigenvalue weighted by molar-refractivity contribution is 6.42. The number of nitrogens with zero attached hydrogens (tertiary/aromatic N) is 1. The molecule has 7 heteroatoms. The molecule has 0 aliphatic carbocycles. The van der Waals surface area contributed by atoms with Gasteiger partial charge in [-0.3, -0.25) is 0 Å². The van der Waals surface area contributed by atoms with Crippen molar-refractivity contribution in [3.63, 3.8) is 0 Å². The molecule has 0 spiro atoms. The second-order valence-electron chi connectivity index (χ2n) is 4.60. The zero-order valence-electron chi connectivity index (χ0n) is 12.0. The van der Waals surface area contributed by atoms with Crippen molar-refractivity contribution in [2.75, 3.05) is 25.6 Å². The lowest BCUT2D eigenvalue weighted by molar-refractivity contribution is 0.152. The van der Waals surface area contributed by atoms with Crippen molar-refractivity contribution in [3.05, 3.63) is 52.4 Å². The minimum Gasteiger partial charge on any atom is -0.472 e. The Kier molecular flexibility index (Phi) is 6.12. The molecular weight excluding hydrogens is 327 g/mol. The minimum atomic E-state index is -0.253. The van der Waals surface area contributed by atoms with Crippen LogP contribution in [0.1, 0.15) is 5.56 Å². The van der Waals surface area contributed by atoms with E-state index in [1.54, 1.807) is 42.7 Å². The minimum absolute atomic E-state index is 0.253. The molecule has 0 aliphatic heterocycles. The number of furan rings is 1. The first-order valence-corrected chi connectivity index (χ1v) is 7.36. The van der Waals surface area contributed by atoms with E-state index in [1.165, 1.54) is 0 Å². The Morgan fingerprint density at radius 1 is 1.32 bits per heavy atom. The fourth-order valence-corrected chi connectivity index (χ4v) is 2.13. The molecule has 5 nitrogen and oxygen atoms in total. The van der Waals surface area contributed by atoms with Gasteiger partial charge >= 0.3 is 6.03 Å². The number of benzene rings is 1. The number of amides is 2. The maximum absolute atomic E-state index is 12.4. The maximum atomic E-state index is 12.4. The van der Waals surface area contributed by atoms with Crippen molar-refractivity contribution in [2.24, 2.45) is 0 Å². The highest BCUT2D eigenvalue weighted by Crippen LogP contribution is 2.25. The summed E-state index contributed by atoms with van der Waals surface area (Å²) in [5, 5.41) is 3.62. The van der Waals surface area contributed by atoms with Crippen LogP contribution in [0.15, 0.2) is 41.2 Å². The van der Waals surface area contributed by atoms with Gasteiger partial charge in [-0.05, 0) is 24.3 Å². The summed E-state index contributed by atoms with van der Waals surface area (Å²) in [5.74, 6) is 0. The van der Waals surface area contributed by atoms with E-state index in [0.29, 0.717) is 35.4 Å². The molecule has 0 aliphatic rings. The average Bonchev–Trinajstić information content (AvgIpc) is 3.00. The summed E-state index contributed by atoms with van der Waals surface area (Å²) in [4.78, 5) is 14.0. The third-order valence-electron chi connectivity index (χ3n) is 2.98. The highest BCUT2D eigenvalue weighted by Gasteiger charge is 2.15. The Morgan fingerprint density at radius 3 is 2.77 bits per heavy atom. The van der Waals surface area contributed by atoms with E-state index in [1.807, 2.05) is 6.07 Å². The van der Waals surface area contributed by atoms with Crippen LogP contribution in [0.2, 0.25) is 10.0 Å². The Hall–Kier alpha value is -1.69. The molecule has 0 fully saturated rings. The number of carbonyl (C=O) groups is 1. The molecule has 1 aromatic carbocycles. The second kappa shape index (κ2) is 8.08. The standard InChI is InChI=1S/C15H16Cl2N2O3/c1-21-7-5-19(9-11-4-6-22-10-11)15(20)18-12-2-3-13(16)14(17)8-12/h2-4,6,8,10H,5,7,9H2,1H3,(H,18,20). The lowest BCUT2D eigenvalue weighted by atomic mass is 10.3. The fourth-order valence-electron chi connectivity index (χ4n) is 1.83. The maximum Gasteiger partial charge on any atom is 0.322 e. The van der Waals surface area contributed by atoms with Crippen LogP contribution in [0.3, 0.4) is 0 Å². The molecule has 0 radical (unpaired) electrons. The molecule has 1 N–H and O–H groups in total. The quantitative estimate of drug-likeness (QED) is 0.852. The van der Waals surface area contributed by atoms with Crippen molar-refractivity contribution >= 4 is 34.9 Å². The molecule has 2 rings (SSSR count). The summed E-state index contributed by atoms with van der Waals surface area (Å²) in [6.07, 6.45) is 3.17. The first-order chi connectivity index (χ1) is 10.6. The number of anilines is 1. The molecule has 2 aromatic rings. The Morgan fingerprint density at radius 2 is 2.14 bits per heavy atom. The molecular formula is C15H16Cl2N2O3. The van der Waals surface area contributed by atoms with Gasteiger partial charge in [0, 0.05) is 24.9 Å². The predicted octanol–water partition coefficient (Wildman–Crippen LogP) is 4.27. The van der Waals surface area contributed by atoms with E-state index in [2.05, 4.69) is 5.32 Å². The molecule has 2 amide bonds. The van der Waals surface area contributed by atoms with E-state index in [0.717, 1.165) is 5.56 Å². The number of hydrogen-bond acceptors (Lipinski definition) is 3. The largest absolute Gasteiger partial charge is 0.472 e. The zero-order valence-corrected chi connectivity index (χ0v) is 13.5. The van der Waals surface area contributed by atoms with Crippen LogP contribution in [0.25, 0.3) is 0 Å². The van der Waals surface area contributed by atoms with Gasteiger partial charge in [0.25, 0.3) is 0 Å². The van der Waals surface area contributed by atoms with Gasteiger partial charge in [0.05, 0.1) is 35.7 Å². The van der Waals surface area contributed by atoms with Gasteiger partial charge in [0.15, 0.2) is 0 Å². The van der Waals surface area contributed by atoms with Gasteiger partial charge in [-0.25, -0.2) is 4.79 Å². The molecule has 1 heterocycles. The third kappa shape index (κ3) is 4.66.